The number of likely N-dealkylation sites (N-methyl/N-ethyl adjacent to an activating group) is 1. The van der Waals surface area contributed by atoms with Crippen molar-refractivity contribution in [2.24, 2.45) is 82.5 Å². The predicted molar refractivity (Wildman–Crippen MR) is 222 cm³/mol. The van der Waals surface area contributed by atoms with Crippen molar-refractivity contribution < 1.29 is 54.9 Å². The predicted octanol–water partition coefficient (Wildman–Crippen LogP) is -0.492. The van der Waals surface area contributed by atoms with E-state index in [9.17, 15) is 30.0 Å². The number of ketones is 1. The van der Waals surface area contributed by atoms with Gasteiger partial charge in [-0.1, -0.05) is 6.08 Å². The fourth-order valence-electron chi connectivity index (χ4n) is 14.9. The number of hydrogen-bond donors (Lipinski definition) is 9. The molecule has 0 aromatic heterocycles. The number of nitrogens with two attached hydrogens (primary N) is 4. The standard InChI is InChI=1S/C46H77N5O9/c1-4-24(20-49-5-2)45(57)59-35-18-32-41(56)39-34(55)17-29(21-52)58-43(39)40-38-30-12-13-50-44(48)37(30)26(8-7-25-9-10-28(54)16-31(25)33(38)22-53)15-27(46(35,3)60-42(32)40)14-23-6-11-36(47)51-19-23/h4,23,25-33,35-44,49-54,56H,5-22,47-48H2,1-3H3/p+2. The third kappa shape index (κ3) is 8.43. The van der Waals surface area contributed by atoms with Gasteiger partial charge in [0.05, 0.1) is 67.9 Å². The first-order valence-corrected chi connectivity index (χ1v) is 24.1. The van der Waals surface area contributed by atoms with Gasteiger partial charge in [-0.25, -0.2) is 4.79 Å². The Morgan fingerprint density at radius 1 is 0.967 bits per heavy atom. The molecule has 5 aliphatic heterocycles. The lowest BCUT2D eigenvalue weighted by Crippen LogP contribution is -2.95. The number of quaternary nitrogens is 2. The van der Waals surface area contributed by atoms with Crippen molar-refractivity contribution in [3.63, 3.8) is 0 Å². The van der Waals surface area contributed by atoms with Crippen molar-refractivity contribution in [3.05, 3.63) is 11.6 Å². The van der Waals surface area contributed by atoms with Gasteiger partial charge in [0, 0.05) is 37.2 Å². The van der Waals surface area contributed by atoms with Gasteiger partial charge >= 0.3 is 5.97 Å². The van der Waals surface area contributed by atoms with Crippen molar-refractivity contribution in [1.29, 1.82) is 0 Å². The summed E-state index contributed by atoms with van der Waals surface area (Å²) in [5, 5.41) is 54.3. The molecule has 0 amide bonds. The van der Waals surface area contributed by atoms with Crippen LogP contribution < -0.4 is 27.4 Å². The van der Waals surface area contributed by atoms with E-state index in [1.54, 1.807) is 0 Å². The molecule has 14 nitrogen and oxygen atoms in total. The second-order valence-electron chi connectivity index (χ2n) is 20.9. The third-order valence-electron chi connectivity index (χ3n) is 17.9. The molecule has 8 aliphatic rings. The minimum Gasteiger partial charge on any atom is -0.456 e. The number of aliphatic hydroxyl groups is 4. The highest BCUT2D eigenvalue weighted by Gasteiger charge is 2.67. The Hall–Kier alpha value is -1.56. The fourth-order valence-corrected chi connectivity index (χ4v) is 14.9. The topological polar surface area (TPSA) is 240 Å². The van der Waals surface area contributed by atoms with Gasteiger partial charge in [-0.2, -0.15) is 0 Å². The highest BCUT2D eigenvalue weighted by Crippen LogP contribution is 2.61. The smallest absolute Gasteiger partial charge is 0.339 e. The van der Waals surface area contributed by atoms with Crippen LogP contribution in [0.25, 0.3) is 0 Å². The molecule has 21 unspecified atom stereocenters. The second kappa shape index (κ2) is 18.9. The van der Waals surface area contributed by atoms with E-state index < -0.39 is 60.0 Å². The molecule has 8 fully saturated rings. The Bertz CT molecular complexity index is 1530. The number of carbonyl (C=O) groups is 2. The Labute approximate surface area is 357 Å². The summed E-state index contributed by atoms with van der Waals surface area (Å²) in [6.45, 7) is 8.63. The third-order valence-corrected chi connectivity index (χ3v) is 17.9. The van der Waals surface area contributed by atoms with Crippen LogP contribution in [0.5, 0.6) is 0 Å². The normalized spacial score (nSPS) is 49.6. The number of fused-ring (bicyclic) bond motifs is 5. The average Bonchev–Trinajstić information content (AvgIpc) is 3.28. The number of hydrogen-bond acceptors (Lipinski definition) is 12. The van der Waals surface area contributed by atoms with Crippen LogP contribution in [0.2, 0.25) is 0 Å². The maximum absolute atomic E-state index is 14.4. The summed E-state index contributed by atoms with van der Waals surface area (Å²) in [5.74, 6) is -1.83. The van der Waals surface area contributed by atoms with Crippen molar-refractivity contribution in [1.82, 2.24) is 5.32 Å². The summed E-state index contributed by atoms with van der Waals surface area (Å²) in [7, 11) is 0. The van der Waals surface area contributed by atoms with Crippen LogP contribution in [0.4, 0.5) is 0 Å². The van der Waals surface area contributed by atoms with Crippen LogP contribution in [-0.4, -0.2) is 126 Å². The van der Waals surface area contributed by atoms with Crippen molar-refractivity contribution >= 4 is 11.8 Å². The molecular weight excluding hydrogens is 767 g/mol. The molecule has 21 atom stereocenters. The average molecular weight is 846 g/mol. The second-order valence-corrected chi connectivity index (χ2v) is 20.9. The molecule has 340 valence electrons. The highest BCUT2D eigenvalue weighted by molar-refractivity contribution is 5.88. The molecule has 60 heavy (non-hydrogen) atoms. The van der Waals surface area contributed by atoms with E-state index in [2.05, 4.69) is 29.8 Å². The fraction of sp³-hybridized carbons (Fsp3) is 0.913. The molecular formula is C46H79N5O9+2. The number of aliphatic hydroxyl groups excluding tert-OH is 4. The molecule has 0 aromatic rings. The molecule has 3 aliphatic carbocycles. The zero-order valence-corrected chi connectivity index (χ0v) is 36.5. The quantitative estimate of drug-likeness (QED) is 0.106. The van der Waals surface area contributed by atoms with Gasteiger partial charge in [0.15, 0.2) is 0 Å². The van der Waals surface area contributed by atoms with E-state index >= 15 is 0 Å². The van der Waals surface area contributed by atoms with Crippen molar-refractivity contribution in [2.75, 3.05) is 39.4 Å². The summed E-state index contributed by atoms with van der Waals surface area (Å²) in [6.07, 6.45) is 6.24. The molecule has 8 rings (SSSR count). The first kappa shape index (κ1) is 45.0. The number of piperidine rings is 2. The Kier molecular flexibility index (Phi) is 14.2. The Morgan fingerprint density at radius 2 is 1.75 bits per heavy atom. The van der Waals surface area contributed by atoms with Crippen LogP contribution in [-0.2, 0) is 23.8 Å². The number of nitrogens with one attached hydrogen (secondary N) is 1. The lowest BCUT2D eigenvalue weighted by atomic mass is 9.50. The van der Waals surface area contributed by atoms with Gasteiger partial charge in [0.1, 0.15) is 30.2 Å². The first-order valence-electron chi connectivity index (χ1n) is 24.1. The Morgan fingerprint density at radius 3 is 2.47 bits per heavy atom. The summed E-state index contributed by atoms with van der Waals surface area (Å²) in [6, 6.07) is 0. The van der Waals surface area contributed by atoms with Gasteiger partial charge in [-0.05, 0) is 139 Å². The number of esters is 1. The minimum atomic E-state index is -1.12. The van der Waals surface area contributed by atoms with E-state index in [1.807, 2.05) is 13.0 Å². The van der Waals surface area contributed by atoms with Crippen LogP contribution in [0.1, 0.15) is 97.8 Å². The summed E-state index contributed by atoms with van der Waals surface area (Å²) in [5.41, 5.74) is 13.4. The number of Topliss-reactive ketones (excluding diaryl/α,β-unsaturated/α-hetero) is 1. The maximum atomic E-state index is 14.4. The SMILES string of the molecule is CC=C(C[NH2+]CC)C(=O)OC1CC2C(O)C3C(=O)CC(CO)OC3C3C2OC1(C)C(CC1CCC(N)[NH2+]C1)CC1CCC2CCC(O)CC2C(CO)C3C2CCNC(N)C12. The molecule has 13 N–H and O–H groups in total. The van der Waals surface area contributed by atoms with Gasteiger partial charge in [0.2, 0.25) is 0 Å². The van der Waals surface area contributed by atoms with E-state index in [0.717, 1.165) is 77.4 Å². The van der Waals surface area contributed by atoms with Gasteiger partial charge in [-0.15, -0.1) is 0 Å². The number of rotatable bonds is 9. The summed E-state index contributed by atoms with van der Waals surface area (Å²) < 4.78 is 21.5. The molecule has 0 aromatic carbocycles. The molecule has 4 bridgehead atoms. The van der Waals surface area contributed by atoms with Crippen molar-refractivity contribution in [2.45, 2.75) is 152 Å². The Balaban J connectivity index is 1.33. The van der Waals surface area contributed by atoms with Crippen molar-refractivity contribution in [3.8, 4) is 0 Å². The minimum absolute atomic E-state index is 0.00640. The van der Waals surface area contributed by atoms with E-state index in [0.29, 0.717) is 36.8 Å². The van der Waals surface area contributed by atoms with Crippen LogP contribution in [0.15, 0.2) is 11.6 Å². The summed E-state index contributed by atoms with van der Waals surface area (Å²) >= 11 is 0. The van der Waals surface area contributed by atoms with Crippen LogP contribution in [0.3, 0.4) is 0 Å². The molecule has 3 saturated carbocycles. The maximum Gasteiger partial charge on any atom is 0.339 e. The van der Waals surface area contributed by atoms with Gasteiger partial charge in [-0.3, -0.25) is 10.5 Å². The van der Waals surface area contributed by atoms with E-state index in [4.69, 9.17) is 25.7 Å². The van der Waals surface area contributed by atoms with Crippen LogP contribution >= 0.6 is 0 Å². The zero-order valence-electron chi connectivity index (χ0n) is 36.5. The lowest BCUT2D eigenvalue weighted by Gasteiger charge is -2.63. The highest BCUT2D eigenvalue weighted by atomic mass is 16.6. The molecule has 5 heterocycles. The molecule has 5 saturated heterocycles. The molecule has 0 radical (unpaired) electrons. The molecule has 0 spiro atoms. The number of allylic oxidation sites excluding steroid dienone is 1. The number of ether oxygens (including phenoxy) is 3. The first-order chi connectivity index (χ1) is 28.9. The monoisotopic (exact) mass is 846 g/mol. The summed E-state index contributed by atoms with van der Waals surface area (Å²) in [4.78, 5) is 28.7. The zero-order chi connectivity index (χ0) is 42.5. The van der Waals surface area contributed by atoms with E-state index in [1.165, 1.54) is 0 Å². The largest absolute Gasteiger partial charge is 0.456 e. The van der Waals surface area contributed by atoms with Crippen LogP contribution in [0, 0.1) is 71.0 Å². The lowest BCUT2D eigenvalue weighted by molar-refractivity contribution is -0.703. The van der Waals surface area contributed by atoms with E-state index in [-0.39, 0.29) is 85.1 Å². The van der Waals surface area contributed by atoms with Gasteiger partial charge < -0.3 is 56.3 Å². The molecule has 14 heteroatoms. The van der Waals surface area contributed by atoms with Gasteiger partial charge in [0.25, 0.3) is 0 Å². The number of carbonyl (C=O) groups excluding carboxylic acids is 2.